The van der Waals surface area contributed by atoms with Crippen LogP contribution in [0.15, 0.2) is 84.9 Å². The molecule has 0 radical (unpaired) electrons. The highest BCUT2D eigenvalue weighted by Crippen LogP contribution is 2.57. The number of anilines is 2. The Labute approximate surface area is 425 Å². The smallest absolute Gasteiger partial charge is 0.417 e. The second kappa shape index (κ2) is 19.5. The molecule has 77 heavy (non-hydrogen) atoms. The van der Waals surface area contributed by atoms with Crippen LogP contribution in [0, 0.1) is 0 Å². The summed E-state index contributed by atoms with van der Waals surface area (Å²) in [4.78, 5) is 106. The molecule has 14 nitrogen and oxygen atoms in total. The molecule has 0 spiro atoms. The standard InChI is InChI=1S/C51H36F12N4O10/c1-21(2)76-45(74)35-20-32(36(46(75)77-22(3)4)19-31(35)39(68)64-5)40(69)65-25-9-13-27(37(17-25)48(52,53)54)28-14-10-26(18-38(28)49(55,56)57)67-43(72)30-12-8-24(16-34(30)44(67)73)47(50(58,59)60,51(61,62)63)23-7-11-29-33(15-23)42(71)66(6)41(29)70/h7-22H,1-6H3,(H,64,68)(H,65,69). The number of nitrogens with zero attached hydrogens (tertiary/aromatic N) is 2. The minimum atomic E-state index is -6.35. The second-order valence-corrected chi connectivity index (χ2v) is 17.8. The van der Waals surface area contributed by atoms with Crippen LogP contribution in [0.2, 0.25) is 0 Å². The largest absolute Gasteiger partial charge is 0.459 e. The predicted molar refractivity (Wildman–Crippen MR) is 244 cm³/mol. The Bertz CT molecular complexity index is 3370. The average molecular weight is 1090 g/mol. The number of imide groups is 2. The first kappa shape index (κ1) is 56.2. The summed E-state index contributed by atoms with van der Waals surface area (Å²) in [6.45, 7) is 5.70. The number of nitrogens with one attached hydrogen (secondary N) is 2. The Balaban J connectivity index is 1.29. The summed E-state index contributed by atoms with van der Waals surface area (Å²) in [6, 6.07) is 5.54. The molecular formula is C51H36F12N4O10. The summed E-state index contributed by atoms with van der Waals surface area (Å²) in [5.41, 5.74) is -22.5. The predicted octanol–water partition coefficient (Wildman–Crippen LogP) is 10.6. The van der Waals surface area contributed by atoms with Crippen molar-refractivity contribution in [2.75, 3.05) is 24.3 Å². The lowest BCUT2D eigenvalue weighted by Gasteiger charge is -2.38. The minimum absolute atomic E-state index is 0.0332. The zero-order chi connectivity index (χ0) is 57.4. The fraction of sp³-hybridized carbons (Fsp3) is 0.255. The van der Waals surface area contributed by atoms with E-state index < -0.39 is 179 Å². The highest BCUT2D eigenvalue weighted by atomic mass is 19.4. The number of ether oxygens (including phenoxy) is 2. The summed E-state index contributed by atoms with van der Waals surface area (Å²) in [7, 11) is 2.09. The van der Waals surface area contributed by atoms with E-state index in [-0.39, 0.29) is 41.3 Å². The fourth-order valence-corrected chi connectivity index (χ4v) is 8.72. The lowest BCUT2D eigenvalue weighted by Crippen LogP contribution is -2.55. The number of halogens is 12. The van der Waals surface area contributed by atoms with Crippen molar-refractivity contribution in [3.8, 4) is 11.1 Å². The van der Waals surface area contributed by atoms with Gasteiger partial charge < -0.3 is 20.1 Å². The number of benzene rings is 5. The number of amides is 6. The van der Waals surface area contributed by atoms with E-state index in [1.165, 1.54) is 34.7 Å². The van der Waals surface area contributed by atoms with Gasteiger partial charge in [0.1, 0.15) is 0 Å². The zero-order valence-corrected chi connectivity index (χ0v) is 40.3. The lowest BCUT2D eigenvalue weighted by molar-refractivity contribution is -0.288. The SMILES string of the molecule is CNC(=O)c1cc(C(=O)OC(C)C)c(C(=O)Nc2ccc(-c3ccc(N4C(=O)c5ccc(C(c6ccc7c(c6)C(=O)N(C)C7=O)(C(F)(F)F)C(F)(F)F)cc5C4=O)cc3C(F)(F)F)c(C(F)(F)F)c2)cc1C(=O)OC(C)C. The first-order chi connectivity index (χ1) is 35.6. The molecular weight excluding hydrogens is 1060 g/mol. The third-order valence-corrected chi connectivity index (χ3v) is 12.1. The maximum atomic E-state index is 15.2. The van der Waals surface area contributed by atoms with Crippen molar-refractivity contribution in [1.82, 2.24) is 10.2 Å². The van der Waals surface area contributed by atoms with Crippen molar-refractivity contribution in [2.24, 2.45) is 0 Å². The molecule has 7 rings (SSSR count). The van der Waals surface area contributed by atoms with Gasteiger partial charge in [0, 0.05) is 19.8 Å². The Kier molecular flexibility index (Phi) is 14.2. The van der Waals surface area contributed by atoms with E-state index >= 15 is 39.5 Å². The van der Waals surface area contributed by atoms with E-state index in [1.54, 1.807) is 0 Å². The Hall–Kier alpha value is -8.58. The zero-order valence-electron chi connectivity index (χ0n) is 40.3. The molecule has 0 saturated carbocycles. The van der Waals surface area contributed by atoms with Crippen molar-refractivity contribution < 1.29 is 101 Å². The van der Waals surface area contributed by atoms with Gasteiger partial charge in [-0.1, -0.05) is 24.3 Å². The third-order valence-electron chi connectivity index (χ3n) is 12.1. The van der Waals surface area contributed by atoms with Gasteiger partial charge in [-0.25, -0.2) is 14.5 Å². The summed E-state index contributed by atoms with van der Waals surface area (Å²) < 4.78 is 191. The van der Waals surface area contributed by atoms with Crippen molar-refractivity contribution in [3.05, 3.63) is 152 Å². The van der Waals surface area contributed by atoms with Gasteiger partial charge in [0.15, 0.2) is 0 Å². The molecule has 0 bridgehead atoms. The van der Waals surface area contributed by atoms with E-state index in [9.17, 15) is 51.5 Å². The molecule has 2 N–H and O–H groups in total. The van der Waals surface area contributed by atoms with Crippen LogP contribution >= 0.6 is 0 Å². The van der Waals surface area contributed by atoms with Crippen LogP contribution in [0.4, 0.5) is 64.1 Å². The molecule has 0 saturated heterocycles. The number of rotatable bonds is 11. The summed E-state index contributed by atoms with van der Waals surface area (Å²) >= 11 is 0. The van der Waals surface area contributed by atoms with E-state index in [0.717, 1.165) is 19.2 Å². The van der Waals surface area contributed by atoms with Gasteiger partial charge in [-0.3, -0.25) is 33.7 Å². The number of carbonyl (C=O) groups excluding carboxylic acids is 8. The van der Waals surface area contributed by atoms with Gasteiger partial charge in [-0.15, -0.1) is 0 Å². The molecule has 0 aliphatic carbocycles. The number of hydrogen-bond donors (Lipinski definition) is 2. The first-order valence-corrected chi connectivity index (χ1v) is 22.3. The maximum absolute atomic E-state index is 15.2. The number of esters is 2. The van der Waals surface area contributed by atoms with E-state index in [2.05, 4.69) is 10.6 Å². The molecule has 2 aliphatic heterocycles. The molecule has 2 heterocycles. The van der Waals surface area contributed by atoms with Crippen molar-refractivity contribution in [3.63, 3.8) is 0 Å². The van der Waals surface area contributed by atoms with Crippen LogP contribution in [0.5, 0.6) is 0 Å². The molecule has 0 atom stereocenters. The van der Waals surface area contributed by atoms with Crippen molar-refractivity contribution in [2.45, 2.75) is 70.0 Å². The first-order valence-electron chi connectivity index (χ1n) is 22.3. The van der Waals surface area contributed by atoms with Crippen molar-refractivity contribution in [1.29, 1.82) is 0 Å². The average Bonchev–Trinajstić information content (AvgIpc) is 3.74. The molecule has 2 aliphatic rings. The highest BCUT2D eigenvalue weighted by Gasteiger charge is 2.73. The van der Waals surface area contributed by atoms with Crippen LogP contribution in [-0.4, -0.2) is 90.9 Å². The number of hydrogen-bond acceptors (Lipinski definition) is 10. The summed E-state index contributed by atoms with van der Waals surface area (Å²) in [6.07, 6.45) is -25.5. The molecule has 0 aromatic heterocycles. The van der Waals surface area contributed by atoms with Crippen LogP contribution in [0.25, 0.3) is 11.1 Å². The van der Waals surface area contributed by atoms with Gasteiger partial charge in [0.05, 0.1) is 73.5 Å². The van der Waals surface area contributed by atoms with Crippen LogP contribution in [0.1, 0.15) is 133 Å². The van der Waals surface area contributed by atoms with Gasteiger partial charge in [0.25, 0.3) is 35.4 Å². The molecule has 0 unspecified atom stereocenters. The summed E-state index contributed by atoms with van der Waals surface area (Å²) in [5, 5.41) is 4.32. The molecule has 0 fully saturated rings. The highest BCUT2D eigenvalue weighted by molar-refractivity contribution is 6.34. The molecule has 404 valence electrons. The van der Waals surface area contributed by atoms with Gasteiger partial charge >= 0.3 is 36.6 Å². The minimum Gasteiger partial charge on any atom is -0.459 e. The quantitative estimate of drug-likeness (QED) is 0.0733. The maximum Gasteiger partial charge on any atom is 0.417 e. The van der Waals surface area contributed by atoms with E-state index in [1.807, 2.05) is 0 Å². The lowest BCUT2D eigenvalue weighted by atomic mass is 9.71. The number of fused-ring (bicyclic) bond motifs is 2. The molecule has 5 aromatic rings. The van der Waals surface area contributed by atoms with E-state index in [0.29, 0.717) is 41.3 Å². The fourth-order valence-electron chi connectivity index (χ4n) is 8.72. The Morgan fingerprint density at radius 1 is 0.481 bits per heavy atom. The normalized spacial score (nSPS) is 14.1. The van der Waals surface area contributed by atoms with Crippen LogP contribution in [0.3, 0.4) is 0 Å². The molecule has 26 heteroatoms. The van der Waals surface area contributed by atoms with Gasteiger partial charge in [0.2, 0.25) is 5.41 Å². The monoisotopic (exact) mass is 1090 g/mol. The third kappa shape index (κ3) is 9.82. The van der Waals surface area contributed by atoms with Gasteiger partial charge in [-0.05, 0) is 111 Å². The van der Waals surface area contributed by atoms with E-state index in [4.69, 9.17) is 9.47 Å². The van der Waals surface area contributed by atoms with Crippen LogP contribution < -0.4 is 15.5 Å². The second-order valence-electron chi connectivity index (χ2n) is 17.8. The van der Waals surface area contributed by atoms with Gasteiger partial charge in [-0.2, -0.15) is 52.7 Å². The summed E-state index contributed by atoms with van der Waals surface area (Å²) in [5.74, 6) is -10.4. The Morgan fingerprint density at radius 3 is 1.34 bits per heavy atom. The number of alkyl halides is 12. The number of carbonyl (C=O) groups is 8. The van der Waals surface area contributed by atoms with Crippen molar-refractivity contribution >= 4 is 58.8 Å². The topological polar surface area (TPSA) is 186 Å². The molecule has 5 aromatic carbocycles. The van der Waals surface area contributed by atoms with Crippen LogP contribution in [-0.2, 0) is 27.2 Å². The molecule has 6 amide bonds. The Morgan fingerprint density at radius 2 is 0.883 bits per heavy atom.